The molecule has 2 aromatic rings. The maximum absolute atomic E-state index is 12.3. The fourth-order valence-corrected chi connectivity index (χ4v) is 2.92. The lowest BCUT2D eigenvalue weighted by Gasteiger charge is -2.24. The number of rotatable bonds is 6. The minimum Gasteiger partial charge on any atom is -0.373 e. The monoisotopic (exact) mass is 360 g/mol. The van der Waals surface area contributed by atoms with Crippen LogP contribution in [0.25, 0.3) is 0 Å². The number of aliphatic hydroxyl groups is 2. The smallest absolute Gasteiger partial charge is 0.266 e. The molecule has 2 unspecified atom stereocenters. The number of benzene rings is 2. The Balaban J connectivity index is 1.98. The van der Waals surface area contributed by atoms with Gasteiger partial charge in [-0.05, 0) is 24.3 Å². The van der Waals surface area contributed by atoms with Crippen molar-refractivity contribution in [2.45, 2.75) is 10.9 Å². The third kappa shape index (κ3) is 4.82. The molecule has 7 heteroatoms. The number of thioether (sulfide) groups is 1. The Bertz CT molecular complexity index is 650. The third-order valence-corrected chi connectivity index (χ3v) is 4.55. The van der Waals surface area contributed by atoms with Gasteiger partial charge in [0.05, 0.1) is 0 Å². The molecule has 0 saturated heterocycles. The molecule has 132 valence electrons. The molecule has 25 heavy (non-hydrogen) atoms. The van der Waals surface area contributed by atoms with Crippen molar-refractivity contribution in [3.63, 3.8) is 0 Å². The van der Waals surface area contributed by atoms with Crippen molar-refractivity contribution < 1.29 is 19.8 Å². The second-order valence-electron chi connectivity index (χ2n) is 5.31. The Kier molecular flexibility index (Phi) is 6.58. The van der Waals surface area contributed by atoms with Crippen LogP contribution in [0.15, 0.2) is 60.7 Å². The molecule has 0 aliphatic carbocycles. The lowest BCUT2D eigenvalue weighted by atomic mass is 10.3. The van der Waals surface area contributed by atoms with Gasteiger partial charge in [-0.2, -0.15) is 0 Å². The zero-order valence-electron chi connectivity index (χ0n) is 13.9. The molecule has 0 aromatic heterocycles. The second-order valence-corrected chi connectivity index (χ2v) is 6.47. The summed E-state index contributed by atoms with van der Waals surface area (Å²) in [5, 5.41) is 20.1. The quantitative estimate of drug-likeness (QED) is 0.766. The van der Waals surface area contributed by atoms with Crippen molar-refractivity contribution in [1.82, 2.24) is 0 Å². The molecule has 0 aliphatic heterocycles. The van der Waals surface area contributed by atoms with Gasteiger partial charge in [0, 0.05) is 25.5 Å². The van der Waals surface area contributed by atoms with Crippen LogP contribution < -0.4 is 9.80 Å². The molecule has 0 radical (unpaired) electrons. The first-order chi connectivity index (χ1) is 11.9. The summed E-state index contributed by atoms with van der Waals surface area (Å²) in [6.45, 7) is 0. The molecule has 2 rings (SSSR count). The minimum absolute atomic E-state index is 0.490. The molecule has 6 nitrogen and oxygen atoms in total. The number of amides is 2. The highest BCUT2D eigenvalue weighted by atomic mass is 32.2. The lowest BCUT2D eigenvalue weighted by molar-refractivity contribution is -0.123. The minimum atomic E-state index is -1.56. The standard InChI is InChI=1S/C18H20N2O4S/c1-19(13-9-5-3-6-10-13)15(21)17(23)25-18(24)16(22)20(2)14-11-7-4-8-12-14/h3-12,17-18,23-24H,1-2H3. The van der Waals surface area contributed by atoms with Crippen LogP contribution in [0, 0.1) is 0 Å². The van der Waals surface area contributed by atoms with E-state index in [4.69, 9.17) is 0 Å². The van der Waals surface area contributed by atoms with Gasteiger partial charge in [0.1, 0.15) is 0 Å². The summed E-state index contributed by atoms with van der Waals surface area (Å²) in [5.74, 6) is -1.24. The van der Waals surface area contributed by atoms with Crippen molar-refractivity contribution in [2.24, 2.45) is 0 Å². The molecule has 0 aliphatic rings. The van der Waals surface area contributed by atoms with E-state index in [2.05, 4.69) is 0 Å². The Labute approximate surface area is 150 Å². The summed E-state index contributed by atoms with van der Waals surface area (Å²) in [6, 6.07) is 17.6. The predicted octanol–water partition coefficient (Wildman–Crippen LogP) is 1.68. The van der Waals surface area contributed by atoms with E-state index < -0.39 is 22.7 Å². The number of likely N-dealkylation sites (N-methyl/N-ethyl adjacent to an activating group) is 2. The van der Waals surface area contributed by atoms with Gasteiger partial charge in [0.15, 0.2) is 10.9 Å². The molecule has 2 aromatic carbocycles. The molecule has 0 saturated carbocycles. The summed E-state index contributed by atoms with van der Waals surface area (Å²) in [4.78, 5) is 27.1. The first-order valence-electron chi connectivity index (χ1n) is 7.58. The Hall–Kier alpha value is -2.35. The Morgan fingerprint density at radius 1 is 0.760 bits per heavy atom. The fourth-order valence-electron chi connectivity index (χ4n) is 2.13. The van der Waals surface area contributed by atoms with Crippen molar-refractivity contribution in [1.29, 1.82) is 0 Å². The van der Waals surface area contributed by atoms with Gasteiger partial charge in [-0.1, -0.05) is 48.2 Å². The number of aliphatic hydroxyl groups excluding tert-OH is 2. The summed E-state index contributed by atoms with van der Waals surface area (Å²) in [6.07, 6.45) is 0. The van der Waals surface area contributed by atoms with Gasteiger partial charge >= 0.3 is 0 Å². The van der Waals surface area contributed by atoms with Crippen LogP contribution in [0.1, 0.15) is 0 Å². The van der Waals surface area contributed by atoms with E-state index in [-0.39, 0.29) is 0 Å². The highest BCUT2D eigenvalue weighted by Crippen LogP contribution is 2.22. The first kappa shape index (κ1) is 19.0. The van der Waals surface area contributed by atoms with Crippen LogP contribution in [0.5, 0.6) is 0 Å². The van der Waals surface area contributed by atoms with Crippen LogP contribution >= 0.6 is 11.8 Å². The molecule has 0 bridgehead atoms. The summed E-state index contributed by atoms with van der Waals surface area (Å²) in [7, 11) is 3.04. The number of hydrogen-bond acceptors (Lipinski definition) is 5. The van der Waals surface area contributed by atoms with Crippen molar-refractivity contribution >= 4 is 35.0 Å². The van der Waals surface area contributed by atoms with Gasteiger partial charge in [0.2, 0.25) is 0 Å². The van der Waals surface area contributed by atoms with Gasteiger partial charge in [0.25, 0.3) is 11.8 Å². The normalized spacial score (nSPS) is 13.0. The van der Waals surface area contributed by atoms with E-state index >= 15 is 0 Å². The topological polar surface area (TPSA) is 81.1 Å². The number of nitrogens with zero attached hydrogens (tertiary/aromatic N) is 2. The van der Waals surface area contributed by atoms with E-state index in [1.165, 1.54) is 23.9 Å². The maximum atomic E-state index is 12.3. The third-order valence-electron chi connectivity index (χ3n) is 3.63. The van der Waals surface area contributed by atoms with Crippen LogP contribution in [0.2, 0.25) is 0 Å². The van der Waals surface area contributed by atoms with Crippen LogP contribution in [0.3, 0.4) is 0 Å². The van der Waals surface area contributed by atoms with Gasteiger partial charge in [-0.3, -0.25) is 9.59 Å². The van der Waals surface area contributed by atoms with Crippen LogP contribution in [0.4, 0.5) is 11.4 Å². The molecular formula is C18H20N2O4S. The lowest BCUT2D eigenvalue weighted by Crippen LogP contribution is -2.39. The first-order valence-corrected chi connectivity index (χ1v) is 8.53. The Morgan fingerprint density at radius 3 is 1.40 bits per heavy atom. The molecular weight excluding hydrogens is 340 g/mol. The van der Waals surface area contributed by atoms with Crippen molar-refractivity contribution in [2.75, 3.05) is 23.9 Å². The molecule has 0 spiro atoms. The van der Waals surface area contributed by atoms with E-state index in [1.54, 1.807) is 48.5 Å². The van der Waals surface area contributed by atoms with Crippen LogP contribution in [-0.4, -0.2) is 47.0 Å². The fraction of sp³-hybridized carbons (Fsp3) is 0.222. The second kappa shape index (κ2) is 8.66. The van der Waals surface area contributed by atoms with Gasteiger partial charge < -0.3 is 20.0 Å². The van der Waals surface area contributed by atoms with Crippen molar-refractivity contribution in [3.05, 3.63) is 60.7 Å². The summed E-state index contributed by atoms with van der Waals surface area (Å²) < 4.78 is 0. The van der Waals surface area contributed by atoms with Crippen LogP contribution in [-0.2, 0) is 9.59 Å². The number of carbonyl (C=O) groups is 2. The predicted molar refractivity (Wildman–Crippen MR) is 99.3 cm³/mol. The molecule has 0 fully saturated rings. The van der Waals surface area contributed by atoms with E-state index in [9.17, 15) is 19.8 Å². The average molecular weight is 360 g/mol. The zero-order chi connectivity index (χ0) is 18.4. The van der Waals surface area contributed by atoms with E-state index in [0.29, 0.717) is 23.1 Å². The van der Waals surface area contributed by atoms with E-state index in [1.807, 2.05) is 12.1 Å². The summed E-state index contributed by atoms with van der Waals surface area (Å²) in [5.41, 5.74) is -1.91. The Morgan fingerprint density at radius 2 is 1.08 bits per heavy atom. The molecule has 2 N–H and O–H groups in total. The molecule has 2 atom stereocenters. The molecule has 2 amide bonds. The highest BCUT2D eigenvalue weighted by molar-refractivity contribution is 8.01. The van der Waals surface area contributed by atoms with E-state index in [0.717, 1.165) is 0 Å². The van der Waals surface area contributed by atoms with Gasteiger partial charge in [-0.15, -0.1) is 0 Å². The zero-order valence-corrected chi connectivity index (χ0v) is 14.8. The largest absolute Gasteiger partial charge is 0.373 e. The number of para-hydroxylation sites is 2. The highest BCUT2D eigenvalue weighted by Gasteiger charge is 2.29. The average Bonchev–Trinajstić information content (AvgIpc) is 2.66. The van der Waals surface area contributed by atoms with Crippen molar-refractivity contribution in [3.8, 4) is 0 Å². The molecule has 0 heterocycles. The SMILES string of the molecule is CN(C(=O)C(O)SC(O)C(=O)N(C)c1ccccc1)c1ccccc1. The number of hydrogen-bond donors (Lipinski definition) is 2. The maximum Gasteiger partial charge on any atom is 0.266 e. The van der Waals surface area contributed by atoms with Gasteiger partial charge in [-0.25, -0.2) is 0 Å². The summed E-state index contributed by atoms with van der Waals surface area (Å²) >= 11 is 0.490. The number of anilines is 2. The number of carbonyl (C=O) groups excluding carboxylic acids is 2.